The number of aromatic nitrogens is 2. The molecule has 1 saturated heterocycles. The summed E-state index contributed by atoms with van der Waals surface area (Å²) in [4.78, 5) is 25.2. The van der Waals surface area contributed by atoms with Gasteiger partial charge in [-0.05, 0) is 53.7 Å². The molecule has 1 aliphatic rings. The smallest absolute Gasteiger partial charge is 0.321 e. The van der Waals surface area contributed by atoms with Gasteiger partial charge in [-0.3, -0.25) is 4.79 Å². The quantitative estimate of drug-likeness (QED) is 0.710. The van der Waals surface area contributed by atoms with Crippen LogP contribution in [0.25, 0.3) is 6.08 Å². The van der Waals surface area contributed by atoms with Gasteiger partial charge in [0.2, 0.25) is 0 Å². The van der Waals surface area contributed by atoms with Crippen molar-refractivity contribution in [2.75, 3.05) is 0 Å². The lowest BCUT2D eigenvalue weighted by molar-refractivity contribution is 0.265. The van der Waals surface area contributed by atoms with Crippen LogP contribution in [0.5, 0.6) is 11.8 Å². The predicted molar refractivity (Wildman–Crippen MR) is 106 cm³/mol. The Morgan fingerprint density at radius 2 is 1.81 bits per heavy atom. The third kappa shape index (κ3) is 4.39. The number of nitrogens with zero attached hydrogens (tertiary/aromatic N) is 3. The minimum atomic E-state index is -0.152. The second-order valence-corrected chi connectivity index (χ2v) is 6.54. The van der Waals surface area contributed by atoms with E-state index >= 15 is 0 Å². The lowest BCUT2D eigenvalue weighted by atomic mass is 10.2. The highest BCUT2D eigenvalue weighted by molar-refractivity contribution is 8.18. The Morgan fingerprint density at radius 1 is 1.00 bits per heavy atom. The molecule has 0 radical (unpaired) electrons. The fourth-order valence-electron chi connectivity index (χ4n) is 2.41. The monoisotopic (exact) mass is 374 g/mol. The Morgan fingerprint density at radius 3 is 2.63 bits per heavy atom. The van der Waals surface area contributed by atoms with Crippen molar-refractivity contribution in [3.8, 4) is 11.8 Å². The molecule has 0 atom stereocenters. The standard InChI is InChI=1S/C20H14N4O2S/c25-20-24-18(23-15-7-2-1-3-8-15)17(27-20)13-14-6-4-9-16(12-14)26-19-21-10-5-11-22-19/h1-13H,(H,23,24,25)/b17-13-. The van der Waals surface area contributed by atoms with E-state index in [9.17, 15) is 4.79 Å². The Kier molecular flexibility index (Phi) is 4.93. The van der Waals surface area contributed by atoms with Crippen LogP contribution in [0, 0.1) is 0 Å². The zero-order valence-corrected chi connectivity index (χ0v) is 14.9. The van der Waals surface area contributed by atoms with Crippen molar-refractivity contribution in [3.05, 3.63) is 83.5 Å². The van der Waals surface area contributed by atoms with Gasteiger partial charge in [0.1, 0.15) is 11.6 Å². The fourth-order valence-corrected chi connectivity index (χ4v) is 3.14. The van der Waals surface area contributed by atoms with E-state index in [1.165, 1.54) is 0 Å². The highest BCUT2D eigenvalue weighted by Crippen LogP contribution is 2.29. The average Bonchev–Trinajstić information content (AvgIpc) is 3.02. The fraction of sp³-hybridized carbons (Fsp3) is 0. The van der Waals surface area contributed by atoms with E-state index in [4.69, 9.17) is 4.74 Å². The number of rotatable bonds is 4. The van der Waals surface area contributed by atoms with E-state index in [-0.39, 0.29) is 11.2 Å². The number of aliphatic imine (C=N–C) groups is 1. The van der Waals surface area contributed by atoms with Gasteiger partial charge in [0.05, 0.1) is 10.6 Å². The minimum absolute atomic E-state index is 0.152. The van der Waals surface area contributed by atoms with Crippen LogP contribution in [0.2, 0.25) is 0 Å². The topological polar surface area (TPSA) is 76.5 Å². The number of para-hydroxylation sites is 1. The third-order valence-corrected chi connectivity index (χ3v) is 4.38. The molecule has 1 aliphatic heterocycles. The summed E-state index contributed by atoms with van der Waals surface area (Å²) in [5.74, 6) is 1.15. The molecule has 0 spiro atoms. The third-order valence-electron chi connectivity index (χ3n) is 3.56. The summed E-state index contributed by atoms with van der Waals surface area (Å²) in [5, 5.41) is 2.63. The number of hydrogen-bond acceptors (Lipinski definition) is 6. The van der Waals surface area contributed by atoms with Crippen LogP contribution in [0.15, 0.2) is 83.0 Å². The maximum atomic E-state index is 11.8. The van der Waals surface area contributed by atoms with Crippen LogP contribution >= 0.6 is 11.8 Å². The lowest BCUT2D eigenvalue weighted by Crippen LogP contribution is -2.18. The first-order valence-corrected chi connectivity index (χ1v) is 8.97. The Labute approximate surface area is 160 Å². The summed E-state index contributed by atoms with van der Waals surface area (Å²) < 4.78 is 5.66. The van der Waals surface area contributed by atoms with E-state index in [2.05, 4.69) is 20.3 Å². The molecule has 27 heavy (non-hydrogen) atoms. The molecule has 0 bridgehead atoms. The van der Waals surface area contributed by atoms with Gasteiger partial charge in [-0.25, -0.2) is 15.0 Å². The summed E-state index contributed by atoms with van der Waals surface area (Å²) in [6, 6.07) is 19.0. The predicted octanol–water partition coefficient (Wildman–Crippen LogP) is 4.80. The summed E-state index contributed by atoms with van der Waals surface area (Å²) >= 11 is 1.11. The molecule has 132 valence electrons. The van der Waals surface area contributed by atoms with E-state index < -0.39 is 0 Å². The van der Waals surface area contributed by atoms with Crippen LogP contribution in [0.1, 0.15) is 5.56 Å². The van der Waals surface area contributed by atoms with Gasteiger partial charge < -0.3 is 10.1 Å². The molecule has 1 N–H and O–H groups in total. The molecular formula is C20H14N4O2S. The zero-order chi connectivity index (χ0) is 18.5. The normalized spacial score (nSPS) is 16.5. The van der Waals surface area contributed by atoms with Gasteiger partial charge in [0.25, 0.3) is 5.24 Å². The van der Waals surface area contributed by atoms with Crippen LogP contribution in [-0.2, 0) is 0 Å². The molecule has 2 heterocycles. The summed E-state index contributed by atoms with van der Waals surface area (Å²) in [6.07, 6.45) is 5.13. The number of thioether (sulfide) groups is 1. The molecule has 6 nitrogen and oxygen atoms in total. The van der Waals surface area contributed by atoms with E-state index in [0.29, 0.717) is 11.6 Å². The van der Waals surface area contributed by atoms with Gasteiger partial charge in [0, 0.05) is 12.4 Å². The Balaban J connectivity index is 1.61. The number of ether oxygens (including phenoxy) is 1. The van der Waals surface area contributed by atoms with Crippen LogP contribution in [0.4, 0.5) is 10.5 Å². The molecule has 1 fully saturated rings. The van der Waals surface area contributed by atoms with Gasteiger partial charge >= 0.3 is 6.01 Å². The molecule has 7 heteroatoms. The van der Waals surface area contributed by atoms with Crippen molar-refractivity contribution in [1.29, 1.82) is 0 Å². The molecule has 2 aromatic carbocycles. The Bertz CT molecular complexity index is 1020. The number of benzene rings is 2. The van der Waals surface area contributed by atoms with Crippen molar-refractivity contribution in [1.82, 2.24) is 15.3 Å². The molecule has 0 saturated carbocycles. The number of amidine groups is 1. The highest BCUT2D eigenvalue weighted by atomic mass is 32.2. The lowest BCUT2D eigenvalue weighted by Gasteiger charge is -2.04. The minimum Gasteiger partial charge on any atom is -0.424 e. The van der Waals surface area contributed by atoms with E-state index in [0.717, 1.165) is 27.9 Å². The first-order valence-electron chi connectivity index (χ1n) is 8.16. The van der Waals surface area contributed by atoms with Crippen molar-refractivity contribution in [3.63, 3.8) is 0 Å². The number of carbonyl (C=O) groups is 1. The average molecular weight is 374 g/mol. The second-order valence-electron chi connectivity index (χ2n) is 5.52. The molecule has 1 aromatic heterocycles. The number of carbonyl (C=O) groups excluding carboxylic acids is 1. The largest absolute Gasteiger partial charge is 0.424 e. The first kappa shape index (κ1) is 17.0. The van der Waals surface area contributed by atoms with Crippen LogP contribution in [0.3, 0.4) is 0 Å². The molecule has 4 rings (SSSR count). The molecule has 3 aromatic rings. The summed E-state index contributed by atoms with van der Waals surface area (Å²) in [7, 11) is 0. The van der Waals surface area contributed by atoms with Crippen molar-refractivity contribution in [2.24, 2.45) is 4.99 Å². The number of hydrogen-bond donors (Lipinski definition) is 1. The highest BCUT2D eigenvalue weighted by Gasteiger charge is 2.23. The van der Waals surface area contributed by atoms with Gasteiger partial charge in [-0.15, -0.1) is 0 Å². The van der Waals surface area contributed by atoms with Crippen molar-refractivity contribution < 1.29 is 9.53 Å². The SMILES string of the molecule is O=C1NC(=Nc2ccccc2)/C(=C/c2cccc(Oc3ncccn3)c2)S1. The first-order chi connectivity index (χ1) is 13.3. The zero-order valence-electron chi connectivity index (χ0n) is 14.1. The molecule has 0 aliphatic carbocycles. The number of nitrogens with one attached hydrogen (secondary N) is 1. The molecular weight excluding hydrogens is 360 g/mol. The molecule has 1 amide bonds. The van der Waals surface area contributed by atoms with E-state index in [1.807, 2.05) is 60.7 Å². The number of amides is 1. The van der Waals surface area contributed by atoms with Gasteiger partial charge in [0.15, 0.2) is 0 Å². The van der Waals surface area contributed by atoms with Crippen molar-refractivity contribution in [2.45, 2.75) is 0 Å². The molecule has 0 unspecified atom stereocenters. The van der Waals surface area contributed by atoms with Crippen LogP contribution in [-0.4, -0.2) is 21.0 Å². The maximum absolute atomic E-state index is 11.8. The van der Waals surface area contributed by atoms with Gasteiger partial charge in [-0.1, -0.05) is 30.3 Å². The Hall–Kier alpha value is -3.45. The van der Waals surface area contributed by atoms with Gasteiger partial charge in [-0.2, -0.15) is 0 Å². The second kappa shape index (κ2) is 7.84. The maximum Gasteiger partial charge on any atom is 0.321 e. The van der Waals surface area contributed by atoms with Crippen LogP contribution < -0.4 is 10.1 Å². The summed E-state index contributed by atoms with van der Waals surface area (Å²) in [6.45, 7) is 0. The van der Waals surface area contributed by atoms with Crippen molar-refractivity contribution >= 4 is 34.6 Å². The van der Waals surface area contributed by atoms with E-state index in [1.54, 1.807) is 18.5 Å². The summed E-state index contributed by atoms with van der Waals surface area (Å²) in [5.41, 5.74) is 1.66.